The first-order valence-electron chi connectivity index (χ1n) is 18.1. The lowest BCUT2D eigenvalue weighted by atomic mass is 10.1. The molecule has 4 N–H and O–H groups in total. The van der Waals surface area contributed by atoms with Crippen LogP contribution < -0.4 is 31.6 Å². The fourth-order valence-corrected chi connectivity index (χ4v) is 5.48. The Labute approximate surface area is 319 Å². The summed E-state index contributed by atoms with van der Waals surface area (Å²) in [6.45, 7) is 9.18. The maximum Gasteiger partial charge on any atom is 0.408 e. The average molecular weight is 757 g/mol. The second-order valence-corrected chi connectivity index (χ2v) is 13.8. The number of carbonyl (C=O) groups excluding carboxylic acids is 5. The van der Waals surface area contributed by atoms with Crippen LogP contribution in [0.4, 0.5) is 15.3 Å². The van der Waals surface area contributed by atoms with Gasteiger partial charge in [0.15, 0.2) is 11.9 Å². The monoisotopic (exact) mass is 756 g/mol. The van der Waals surface area contributed by atoms with Crippen LogP contribution in [0.2, 0.25) is 0 Å². The normalized spacial score (nSPS) is 12.2. The number of fused-ring (bicyclic) bond motifs is 1. The van der Waals surface area contributed by atoms with Crippen molar-refractivity contribution in [3.63, 3.8) is 0 Å². The summed E-state index contributed by atoms with van der Waals surface area (Å²) in [5.74, 6) is -0.795. The van der Waals surface area contributed by atoms with E-state index < -0.39 is 47.3 Å². The van der Waals surface area contributed by atoms with Crippen molar-refractivity contribution in [1.82, 2.24) is 16.0 Å². The van der Waals surface area contributed by atoms with Crippen molar-refractivity contribution in [1.29, 1.82) is 0 Å². The molecule has 14 heteroatoms. The van der Waals surface area contributed by atoms with Gasteiger partial charge in [0.05, 0.1) is 5.56 Å². The van der Waals surface area contributed by atoms with Gasteiger partial charge in [0.1, 0.15) is 36.6 Å². The predicted octanol–water partition coefficient (Wildman–Crippen LogP) is 6.32. The molecule has 0 saturated heterocycles. The van der Waals surface area contributed by atoms with Crippen LogP contribution in [0.25, 0.3) is 11.0 Å². The average Bonchev–Trinajstić information content (AvgIpc) is 3.14. The highest BCUT2D eigenvalue weighted by atomic mass is 16.6. The number of unbranched alkanes of at least 4 members (excludes halogenated alkanes) is 1. The molecule has 0 aliphatic heterocycles. The third-order valence-electron chi connectivity index (χ3n) is 8.30. The zero-order valence-electron chi connectivity index (χ0n) is 31.7. The number of aldehydes is 1. The first-order chi connectivity index (χ1) is 26.3. The molecule has 1 unspecified atom stereocenters. The van der Waals surface area contributed by atoms with Crippen LogP contribution in [0, 0.1) is 6.92 Å². The number of ether oxygens (including phenoxy) is 3. The van der Waals surface area contributed by atoms with Crippen molar-refractivity contribution < 1.29 is 42.6 Å². The Morgan fingerprint density at radius 3 is 2.22 bits per heavy atom. The quantitative estimate of drug-likeness (QED) is 0.0539. The number of rotatable bonds is 17. The summed E-state index contributed by atoms with van der Waals surface area (Å²) in [5.41, 5.74) is 1.71. The lowest BCUT2D eigenvalue weighted by molar-refractivity contribution is -0.128. The number of amides is 4. The lowest BCUT2D eigenvalue weighted by Crippen LogP contribution is -2.52. The van der Waals surface area contributed by atoms with Gasteiger partial charge in [0.25, 0.3) is 0 Å². The molecule has 0 aliphatic carbocycles. The molecule has 0 fully saturated rings. The van der Waals surface area contributed by atoms with Gasteiger partial charge in [-0.05, 0) is 94.3 Å². The summed E-state index contributed by atoms with van der Waals surface area (Å²) < 4.78 is 21.7. The standard InChI is InChI=1S/C41H48N4O10/c1-6-32(45-40(51)53-25-27-12-8-7-9-13-27)37(48)44-33(14-10-11-21-42-39(50)55-41(3,4)5)38(49)43-29-17-15-28(16-18-29)24-52-34-20-19-30-26(2)22-35(47)54-36(30)31(34)23-46/h7-9,12-13,15-20,22-23,32-33H,6,10-11,14,21,24-25H2,1-5H3,(H,42,50)(H,43,49)(H,44,48)(H,45,51)/t32?,33-/m0/s1. The molecule has 3 aromatic carbocycles. The van der Waals surface area contributed by atoms with E-state index in [1.54, 1.807) is 71.0 Å². The molecule has 0 spiro atoms. The van der Waals surface area contributed by atoms with Gasteiger partial charge in [-0.1, -0.05) is 49.4 Å². The highest BCUT2D eigenvalue weighted by Gasteiger charge is 2.26. The molecule has 55 heavy (non-hydrogen) atoms. The molecule has 0 bridgehead atoms. The summed E-state index contributed by atoms with van der Waals surface area (Å²) in [5, 5.41) is 11.5. The van der Waals surface area contributed by atoms with Gasteiger partial charge in [-0.2, -0.15) is 0 Å². The van der Waals surface area contributed by atoms with Crippen molar-refractivity contribution in [3.8, 4) is 5.75 Å². The molecule has 14 nitrogen and oxygen atoms in total. The summed E-state index contributed by atoms with van der Waals surface area (Å²) >= 11 is 0. The number of carbonyl (C=O) groups is 5. The van der Waals surface area contributed by atoms with Gasteiger partial charge in [0, 0.05) is 23.7 Å². The first kappa shape index (κ1) is 41.6. The maximum atomic E-state index is 13.6. The molecule has 1 heterocycles. The van der Waals surface area contributed by atoms with E-state index in [0.717, 1.165) is 11.1 Å². The van der Waals surface area contributed by atoms with E-state index in [-0.39, 0.29) is 43.0 Å². The zero-order chi connectivity index (χ0) is 40.0. The minimum atomic E-state index is -0.980. The Morgan fingerprint density at radius 2 is 1.55 bits per heavy atom. The van der Waals surface area contributed by atoms with Crippen molar-refractivity contribution in [3.05, 3.63) is 105 Å². The second-order valence-electron chi connectivity index (χ2n) is 13.8. The molecular formula is C41H48N4O10. The lowest BCUT2D eigenvalue weighted by Gasteiger charge is -2.23. The van der Waals surface area contributed by atoms with Crippen molar-refractivity contribution >= 4 is 46.9 Å². The Morgan fingerprint density at radius 1 is 0.836 bits per heavy atom. The van der Waals surface area contributed by atoms with Gasteiger partial charge in [-0.3, -0.25) is 14.4 Å². The first-order valence-corrected chi connectivity index (χ1v) is 18.1. The Balaban J connectivity index is 1.38. The number of alkyl carbamates (subject to hydrolysis) is 2. The number of anilines is 1. The van der Waals surface area contributed by atoms with E-state index in [4.69, 9.17) is 18.6 Å². The topological polar surface area (TPSA) is 191 Å². The third-order valence-corrected chi connectivity index (χ3v) is 8.30. The van der Waals surface area contributed by atoms with Crippen LogP contribution in [0.1, 0.15) is 80.4 Å². The molecule has 0 aliphatic rings. The van der Waals surface area contributed by atoms with Crippen LogP contribution in [-0.2, 0) is 32.3 Å². The van der Waals surface area contributed by atoms with Crippen molar-refractivity contribution in [2.75, 3.05) is 11.9 Å². The van der Waals surface area contributed by atoms with Crippen LogP contribution >= 0.6 is 0 Å². The van der Waals surface area contributed by atoms with E-state index in [1.807, 2.05) is 30.3 Å². The molecule has 292 valence electrons. The highest BCUT2D eigenvalue weighted by Crippen LogP contribution is 2.28. The maximum absolute atomic E-state index is 13.6. The van der Waals surface area contributed by atoms with E-state index >= 15 is 0 Å². The fraction of sp³-hybridized carbons (Fsp3) is 0.366. The molecule has 0 radical (unpaired) electrons. The molecule has 4 rings (SSSR count). The molecule has 0 saturated carbocycles. The smallest absolute Gasteiger partial charge is 0.408 e. The number of aryl methyl sites for hydroxylation is 1. The van der Waals surface area contributed by atoms with Crippen LogP contribution in [0.5, 0.6) is 5.75 Å². The molecule has 1 aromatic heterocycles. The second kappa shape index (κ2) is 19.8. The molecular weight excluding hydrogens is 708 g/mol. The largest absolute Gasteiger partial charge is 0.488 e. The minimum Gasteiger partial charge on any atom is -0.488 e. The Hall–Kier alpha value is -6.18. The van der Waals surface area contributed by atoms with Gasteiger partial charge < -0.3 is 39.9 Å². The van der Waals surface area contributed by atoms with Gasteiger partial charge >= 0.3 is 17.8 Å². The van der Waals surface area contributed by atoms with Gasteiger partial charge in [0.2, 0.25) is 11.8 Å². The number of hydrogen-bond donors (Lipinski definition) is 4. The SMILES string of the molecule is CCC(NC(=O)OCc1ccccc1)C(=O)N[C@@H](CCCCNC(=O)OC(C)(C)C)C(=O)Nc1ccc(COc2ccc3c(C)cc(=O)oc3c2C=O)cc1. The number of benzene rings is 3. The van der Waals surface area contributed by atoms with Crippen LogP contribution in [0.3, 0.4) is 0 Å². The van der Waals surface area contributed by atoms with E-state index in [0.29, 0.717) is 42.3 Å². The van der Waals surface area contributed by atoms with Gasteiger partial charge in [-0.15, -0.1) is 0 Å². The zero-order valence-corrected chi connectivity index (χ0v) is 31.7. The number of hydrogen-bond acceptors (Lipinski definition) is 10. The summed E-state index contributed by atoms with van der Waals surface area (Å²) in [7, 11) is 0. The summed E-state index contributed by atoms with van der Waals surface area (Å²) in [6.07, 6.45) is 0.711. The predicted molar refractivity (Wildman–Crippen MR) is 206 cm³/mol. The summed E-state index contributed by atoms with van der Waals surface area (Å²) in [4.78, 5) is 75.4. The van der Waals surface area contributed by atoms with Gasteiger partial charge in [-0.25, -0.2) is 14.4 Å². The Bertz CT molecular complexity index is 2010. The third kappa shape index (κ3) is 13.0. The molecule has 4 aromatic rings. The number of nitrogens with one attached hydrogen (secondary N) is 4. The van der Waals surface area contributed by atoms with Crippen LogP contribution in [0.15, 0.2) is 82.0 Å². The van der Waals surface area contributed by atoms with E-state index in [2.05, 4.69) is 21.3 Å². The minimum absolute atomic E-state index is 0.0282. The van der Waals surface area contributed by atoms with E-state index in [1.165, 1.54) is 6.07 Å². The summed E-state index contributed by atoms with van der Waals surface area (Å²) in [6, 6.07) is 18.7. The molecule has 4 amide bonds. The van der Waals surface area contributed by atoms with Crippen molar-refractivity contribution in [2.24, 2.45) is 0 Å². The van der Waals surface area contributed by atoms with Crippen molar-refractivity contribution in [2.45, 2.75) is 91.2 Å². The van der Waals surface area contributed by atoms with E-state index in [9.17, 15) is 28.8 Å². The van der Waals surface area contributed by atoms with Crippen LogP contribution in [-0.4, -0.2) is 54.5 Å². The molecule has 2 atom stereocenters. The highest BCUT2D eigenvalue weighted by molar-refractivity contribution is 5.99. The fourth-order valence-electron chi connectivity index (χ4n) is 5.48. The Kier molecular flexibility index (Phi) is 14.9.